The molecular formula is C11H19N3O4. The van der Waals surface area contributed by atoms with Crippen LogP contribution >= 0.6 is 0 Å². The molecular weight excluding hydrogens is 238 g/mol. The summed E-state index contributed by atoms with van der Waals surface area (Å²) in [6.45, 7) is 1.94. The molecule has 0 aromatic rings. The lowest BCUT2D eigenvalue weighted by Gasteiger charge is -2.14. The van der Waals surface area contributed by atoms with Gasteiger partial charge in [-0.05, 0) is 13.3 Å². The lowest BCUT2D eigenvalue weighted by atomic mass is 10.2. The van der Waals surface area contributed by atoms with E-state index in [0.717, 1.165) is 4.90 Å². The second kappa shape index (κ2) is 6.34. The van der Waals surface area contributed by atoms with Crippen molar-refractivity contribution in [2.24, 2.45) is 0 Å². The van der Waals surface area contributed by atoms with Crippen molar-refractivity contribution in [1.82, 2.24) is 15.1 Å². The Kier molecular flexibility index (Phi) is 5.08. The lowest BCUT2D eigenvalue weighted by molar-refractivity contribution is -0.126. The fourth-order valence-electron chi connectivity index (χ4n) is 1.68. The SMILES string of the molecule is CC(CO)NC(=O)CCCN1C(=O)CN(C)C1=O. The summed E-state index contributed by atoms with van der Waals surface area (Å²) in [5.74, 6) is -0.421. The Hall–Kier alpha value is -1.63. The second-order valence-corrected chi connectivity index (χ2v) is 4.44. The van der Waals surface area contributed by atoms with Gasteiger partial charge in [0.1, 0.15) is 6.54 Å². The van der Waals surface area contributed by atoms with Gasteiger partial charge in [0, 0.05) is 26.1 Å². The third kappa shape index (κ3) is 3.69. The molecule has 1 rings (SSSR count). The third-order valence-electron chi connectivity index (χ3n) is 2.70. The smallest absolute Gasteiger partial charge is 0.326 e. The van der Waals surface area contributed by atoms with E-state index in [9.17, 15) is 14.4 Å². The van der Waals surface area contributed by atoms with E-state index in [0.29, 0.717) is 6.42 Å². The summed E-state index contributed by atoms with van der Waals surface area (Å²) in [5.41, 5.74) is 0. The van der Waals surface area contributed by atoms with Crippen molar-refractivity contribution >= 4 is 17.8 Å². The zero-order chi connectivity index (χ0) is 13.7. The molecule has 1 unspecified atom stereocenters. The summed E-state index contributed by atoms with van der Waals surface area (Å²) in [5, 5.41) is 11.4. The maximum Gasteiger partial charge on any atom is 0.326 e. The number of likely N-dealkylation sites (N-methyl/N-ethyl adjacent to an activating group) is 1. The topological polar surface area (TPSA) is 89.9 Å². The van der Waals surface area contributed by atoms with Crippen molar-refractivity contribution in [3.05, 3.63) is 0 Å². The predicted octanol–water partition coefficient (Wildman–Crippen LogP) is -0.842. The Balaban J connectivity index is 2.28. The van der Waals surface area contributed by atoms with Crippen molar-refractivity contribution in [3.63, 3.8) is 0 Å². The van der Waals surface area contributed by atoms with Crippen LogP contribution in [0.2, 0.25) is 0 Å². The minimum atomic E-state index is -0.316. The first kappa shape index (κ1) is 14.4. The molecule has 4 amide bonds. The van der Waals surface area contributed by atoms with Gasteiger partial charge in [-0.3, -0.25) is 14.5 Å². The molecule has 0 saturated carbocycles. The molecule has 0 aromatic heterocycles. The number of aliphatic hydroxyl groups excluding tert-OH is 1. The number of imide groups is 1. The van der Waals surface area contributed by atoms with Crippen LogP contribution in [0.5, 0.6) is 0 Å². The summed E-state index contributed by atoms with van der Waals surface area (Å²) in [6, 6.07) is -0.595. The first-order valence-electron chi connectivity index (χ1n) is 5.91. The number of nitrogens with one attached hydrogen (secondary N) is 1. The summed E-state index contributed by atoms with van der Waals surface area (Å²) in [7, 11) is 1.57. The number of hydrogen-bond donors (Lipinski definition) is 2. The molecule has 1 fully saturated rings. The van der Waals surface area contributed by atoms with Crippen LogP contribution in [0.3, 0.4) is 0 Å². The number of aliphatic hydroxyl groups is 1. The van der Waals surface area contributed by atoms with E-state index in [1.54, 1.807) is 14.0 Å². The predicted molar refractivity (Wildman–Crippen MR) is 63.7 cm³/mol. The monoisotopic (exact) mass is 257 g/mol. The molecule has 102 valence electrons. The first-order chi connectivity index (χ1) is 8.45. The van der Waals surface area contributed by atoms with Gasteiger partial charge >= 0.3 is 6.03 Å². The largest absolute Gasteiger partial charge is 0.394 e. The molecule has 0 radical (unpaired) electrons. The Bertz CT molecular complexity index is 345. The molecule has 18 heavy (non-hydrogen) atoms. The molecule has 1 saturated heterocycles. The summed E-state index contributed by atoms with van der Waals surface area (Å²) in [4.78, 5) is 36.8. The van der Waals surface area contributed by atoms with Crippen LogP contribution in [0.1, 0.15) is 19.8 Å². The third-order valence-corrected chi connectivity index (χ3v) is 2.70. The van der Waals surface area contributed by atoms with E-state index in [1.165, 1.54) is 4.90 Å². The molecule has 1 aliphatic heterocycles. The lowest BCUT2D eigenvalue weighted by Crippen LogP contribution is -2.36. The maximum atomic E-state index is 11.5. The van der Waals surface area contributed by atoms with Gasteiger partial charge in [-0.2, -0.15) is 0 Å². The average molecular weight is 257 g/mol. The highest BCUT2D eigenvalue weighted by Crippen LogP contribution is 2.09. The Morgan fingerprint density at radius 1 is 1.50 bits per heavy atom. The van der Waals surface area contributed by atoms with Crippen LogP contribution in [0, 0.1) is 0 Å². The van der Waals surface area contributed by atoms with Crippen molar-refractivity contribution in [3.8, 4) is 0 Å². The Morgan fingerprint density at radius 3 is 2.67 bits per heavy atom. The molecule has 1 atom stereocenters. The molecule has 1 heterocycles. The van der Waals surface area contributed by atoms with Gasteiger partial charge < -0.3 is 15.3 Å². The number of amides is 4. The van der Waals surface area contributed by atoms with Crippen molar-refractivity contribution in [1.29, 1.82) is 0 Å². The zero-order valence-electron chi connectivity index (χ0n) is 10.7. The van der Waals surface area contributed by atoms with Crippen LogP contribution in [0.15, 0.2) is 0 Å². The van der Waals surface area contributed by atoms with Crippen molar-refractivity contribution in [2.75, 3.05) is 26.7 Å². The van der Waals surface area contributed by atoms with Crippen molar-refractivity contribution in [2.45, 2.75) is 25.8 Å². The van der Waals surface area contributed by atoms with Gasteiger partial charge in [0.05, 0.1) is 6.61 Å². The van der Waals surface area contributed by atoms with E-state index in [-0.39, 0.29) is 50.0 Å². The fourth-order valence-corrected chi connectivity index (χ4v) is 1.68. The number of carbonyl (C=O) groups excluding carboxylic acids is 3. The van der Waals surface area contributed by atoms with Crippen LogP contribution < -0.4 is 5.32 Å². The molecule has 0 spiro atoms. The van der Waals surface area contributed by atoms with E-state index in [4.69, 9.17) is 5.11 Å². The van der Waals surface area contributed by atoms with Crippen LogP contribution in [0.4, 0.5) is 4.79 Å². The van der Waals surface area contributed by atoms with Gasteiger partial charge in [0.2, 0.25) is 11.8 Å². The highest BCUT2D eigenvalue weighted by atomic mass is 16.3. The molecule has 1 aliphatic rings. The van der Waals surface area contributed by atoms with Crippen LogP contribution in [-0.2, 0) is 9.59 Å². The summed E-state index contributed by atoms with van der Waals surface area (Å²) in [6.07, 6.45) is 0.653. The fraction of sp³-hybridized carbons (Fsp3) is 0.727. The molecule has 2 N–H and O–H groups in total. The summed E-state index contributed by atoms with van der Waals surface area (Å²) < 4.78 is 0. The highest BCUT2D eigenvalue weighted by Gasteiger charge is 2.32. The number of hydrogen-bond acceptors (Lipinski definition) is 4. The van der Waals surface area contributed by atoms with Gasteiger partial charge in [-0.15, -0.1) is 0 Å². The quantitative estimate of drug-likeness (QED) is 0.607. The minimum Gasteiger partial charge on any atom is -0.394 e. The first-order valence-corrected chi connectivity index (χ1v) is 5.91. The highest BCUT2D eigenvalue weighted by molar-refractivity contribution is 6.01. The zero-order valence-corrected chi connectivity index (χ0v) is 10.7. The Morgan fingerprint density at radius 2 is 2.17 bits per heavy atom. The standard InChI is InChI=1S/C11H19N3O4/c1-8(7-15)12-9(16)4-3-5-14-10(17)6-13(2)11(14)18/h8,15H,3-7H2,1-2H3,(H,12,16). The van der Waals surface area contributed by atoms with E-state index >= 15 is 0 Å². The molecule has 0 aromatic carbocycles. The van der Waals surface area contributed by atoms with Crippen molar-refractivity contribution < 1.29 is 19.5 Å². The average Bonchev–Trinajstić information content (AvgIpc) is 2.55. The van der Waals surface area contributed by atoms with E-state index in [2.05, 4.69) is 5.32 Å². The van der Waals surface area contributed by atoms with Crippen LogP contribution in [-0.4, -0.2) is 65.5 Å². The molecule has 0 bridgehead atoms. The number of carbonyl (C=O) groups is 3. The molecule has 7 nitrogen and oxygen atoms in total. The maximum absolute atomic E-state index is 11.5. The number of urea groups is 1. The van der Waals surface area contributed by atoms with Gasteiger partial charge in [-0.25, -0.2) is 4.79 Å². The number of rotatable bonds is 6. The summed E-state index contributed by atoms with van der Waals surface area (Å²) >= 11 is 0. The second-order valence-electron chi connectivity index (χ2n) is 4.44. The van der Waals surface area contributed by atoms with E-state index in [1.807, 2.05) is 0 Å². The number of nitrogens with zero attached hydrogens (tertiary/aromatic N) is 2. The van der Waals surface area contributed by atoms with E-state index < -0.39 is 0 Å². The Labute approximate surface area is 106 Å². The minimum absolute atomic E-state index is 0.104. The molecule has 0 aliphatic carbocycles. The molecule has 7 heteroatoms. The van der Waals surface area contributed by atoms with Crippen LogP contribution in [0.25, 0.3) is 0 Å². The van der Waals surface area contributed by atoms with Gasteiger partial charge in [-0.1, -0.05) is 0 Å². The van der Waals surface area contributed by atoms with Gasteiger partial charge in [0.15, 0.2) is 0 Å². The van der Waals surface area contributed by atoms with Gasteiger partial charge in [0.25, 0.3) is 0 Å². The normalized spacial score (nSPS) is 17.3.